The monoisotopic (exact) mass is 697 g/mol. The number of hydrogen-bond donors (Lipinski definition) is 1. The van der Waals surface area contributed by atoms with Gasteiger partial charge in [-0.05, 0) is 54.0 Å². The van der Waals surface area contributed by atoms with E-state index in [2.05, 4.69) is 83.1 Å². The summed E-state index contributed by atoms with van der Waals surface area (Å²) in [6, 6.07) is 20.9. The van der Waals surface area contributed by atoms with Gasteiger partial charge < -0.3 is 14.5 Å². The number of aliphatic hydroxyl groups is 1. The van der Waals surface area contributed by atoms with E-state index in [4.69, 9.17) is 14.5 Å². The Morgan fingerprint density at radius 1 is 1.08 bits per heavy atom. The zero-order valence-corrected chi connectivity index (χ0v) is 25.9. The molecule has 0 aliphatic heterocycles. The predicted octanol–water partition coefficient (Wildman–Crippen LogP) is 8.86. The van der Waals surface area contributed by atoms with Crippen molar-refractivity contribution < 1.29 is 34.4 Å². The molecular weight excluding hydrogens is 663 g/mol. The number of ketones is 1. The molecule has 4 nitrogen and oxygen atoms in total. The van der Waals surface area contributed by atoms with E-state index < -0.39 is 0 Å². The molecule has 3 aromatic carbocycles. The number of hydrogen-bond acceptors (Lipinski definition) is 4. The summed E-state index contributed by atoms with van der Waals surface area (Å²) in [6.45, 7) is 14.3. The van der Waals surface area contributed by atoms with Crippen LogP contribution in [0.1, 0.15) is 65.2 Å². The average molecular weight is 697 g/mol. The molecule has 0 unspecified atom stereocenters. The topological polar surface area (TPSA) is 63.3 Å². The van der Waals surface area contributed by atoms with Crippen molar-refractivity contribution in [3.05, 3.63) is 89.3 Å². The molecule has 0 amide bonds. The largest absolute Gasteiger partial charge is 0.512 e. The Labute approximate surface area is 243 Å². The van der Waals surface area contributed by atoms with Crippen molar-refractivity contribution in [3.8, 4) is 11.3 Å². The van der Waals surface area contributed by atoms with Gasteiger partial charge in [-0.25, -0.2) is 0 Å². The van der Waals surface area contributed by atoms with Crippen LogP contribution in [0.5, 0.6) is 0 Å². The first-order chi connectivity index (χ1) is 17.9. The van der Waals surface area contributed by atoms with Crippen molar-refractivity contribution in [1.29, 1.82) is 0 Å². The smallest absolute Gasteiger partial charge is 0.155 e. The Bertz CT molecular complexity index is 1750. The third kappa shape index (κ3) is 5.18. The number of benzene rings is 3. The Morgan fingerprint density at radius 3 is 2.44 bits per heavy atom. The normalized spacial score (nSPS) is 14.0. The van der Waals surface area contributed by atoms with Gasteiger partial charge in [0.25, 0.3) is 0 Å². The van der Waals surface area contributed by atoms with Crippen LogP contribution in [-0.4, -0.2) is 15.9 Å². The Kier molecular flexibility index (Phi) is 7.64. The van der Waals surface area contributed by atoms with Gasteiger partial charge in [0.2, 0.25) is 0 Å². The second kappa shape index (κ2) is 10.4. The summed E-state index contributed by atoms with van der Waals surface area (Å²) in [6.07, 6.45) is 4.00. The third-order valence-electron chi connectivity index (χ3n) is 7.13. The zero-order chi connectivity index (χ0) is 27.4. The van der Waals surface area contributed by atoms with E-state index >= 15 is 0 Å². The van der Waals surface area contributed by atoms with Crippen LogP contribution in [0, 0.1) is 11.5 Å². The fourth-order valence-corrected chi connectivity index (χ4v) is 5.76. The Balaban J connectivity index is 0.000000394. The van der Waals surface area contributed by atoms with Gasteiger partial charge in [0.1, 0.15) is 11.2 Å². The summed E-state index contributed by atoms with van der Waals surface area (Å²) in [5.74, 6) is -0.0625. The van der Waals surface area contributed by atoms with Crippen molar-refractivity contribution >= 4 is 38.5 Å². The van der Waals surface area contributed by atoms with Gasteiger partial charge in [0.05, 0.1) is 5.76 Å². The number of pyridine rings is 1. The number of carbonyl (C=O) groups is 1. The van der Waals surface area contributed by atoms with E-state index in [-0.39, 0.29) is 42.5 Å². The molecule has 0 bridgehead atoms. The minimum absolute atomic E-state index is 0. The summed E-state index contributed by atoms with van der Waals surface area (Å²) in [7, 11) is 0. The van der Waals surface area contributed by atoms with Gasteiger partial charge in [-0.1, -0.05) is 81.8 Å². The molecule has 0 saturated carbocycles. The van der Waals surface area contributed by atoms with Gasteiger partial charge in [-0.3, -0.25) is 4.79 Å². The van der Waals surface area contributed by atoms with Crippen LogP contribution in [-0.2, 0) is 36.7 Å². The van der Waals surface area contributed by atoms with Crippen LogP contribution < -0.4 is 0 Å². The third-order valence-corrected chi connectivity index (χ3v) is 7.13. The molecule has 39 heavy (non-hydrogen) atoms. The molecule has 2 aromatic heterocycles. The predicted molar refractivity (Wildman–Crippen MR) is 156 cm³/mol. The summed E-state index contributed by atoms with van der Waals surface area (Å²) >= 11 is 0. The van der Waals surface area contributed by atoms with Gasteiger partial charge in [0, 0.05) is 43.2 Å². The molecule has 0 fully saturated rings. The number of nitrogens with zero attached hydrogens (tertiary/aromatic N) is 1. The van der Waals surface area contributed by atoms with Gasteiger partial charge >= 0.3 is 0 Å². The van der Waals surface area contributed by atoms with Crippen LogP contribution in [0.15, 0.2) is 71.0 Å². The number of aromatic nitrogens is 1. The molecule has 0 spiro atoms. The number of allylic oxidation sites excluding steroid dienone is 2. The fraction of sp³-hybridized carbons (Fsp3) is 0.294. The minimum atomic E-state index is -0.220. The Morgan fingerprint density at radius 2 is 1.79 bits per heavy atom. The van der Waals surface area contributed by atoms with E-state index in [9.17, 15) is 4.79 Å². The molecular formula is C34H34IrNO3-. The van der Waals surface area contributed by atoms with Gasteiger partial charge in [-0.2, -0.15) is 0 Å². The first-order valence-corrected chi connectivity index (χ1v) is 13.0. The first-order valence-electron chi connectivity index (χ1n) is 13.0. The van der Waals surface area contributed by atoms with Crippen LogP contribution in [0.2, 0.25) is 0 Å². The first kappa shape index (κ1) is 28.7. The molecule has 2 heterocycles. The second-order valence-corrected chi connectivity index (χ2v) is 12.0. The second-order valence-electron chi connectivity index (χ2n) is 12.0. The standard InChI is InChI=1S/C29H26NO.C5H8O2.Ir/c1-28(2,3)16-18-11-13-21-23-24-22(31-27(18)23)14-15-30-26(24)20-12-10-17-8-6-7-9-19(17)25(20)29(21,4)5;1-4(6)3-5(2)7;/h6-11,13-15H,16H2,1-5H3;3,6H,1-2H3;/q-1;;/b;4-3-;. The molecule has 1 radical (unpaired) electrons. The number of aliphatic hydroxyl groups excluding tert-OH is 1. The van der Waals surface area contributed by atoms with Crippen LogP contribution in [0.4, 0.5) is 0 Å². The molecule has 5 heteroatoms. The van der Waals surface area contributed by atoms with E-state index in [1.165, 1.54) is 52.8 Å². The molecule has 5 aromatic rings. The van der Waals surface area contributed by atoms with Crippen molar-refractivity contribution in [1.82, 2.24) is 4.98 Å². The zero-order valence-electron chi connectivity index (χ0n) is 23.5. The Hall–Kier alpha value is -3.27. The molecule has 0 saturated heterocycles. The minimum Gasteiger partial charge on any atom is -0.512 e. The van der Waals surface area contributed by atoms with E-state index in [0.717, 1.165) is 34.2 Å². The number of rotatable bonds is 2. The van der Waals surface area contributed by atoms with Crippen molar-refractivity contribution in [2.24, 2.45) is 5.41 Å². The van der Waals surface area contributed by atoms with E-state index in [1.54, 1.807) is 0 Å². The van der Waals surface area contributed by atoms with Crippen molar-refractivity contribution in [2.45, 2.75) is 60.3 Å². The summed E-state index contributed by atoms with van der Waals surface area (Å²) < 4.78 is 6.53. The van der Waals surface area contributed by atoms with Crippen LogP contribution in [0.3, 0.4) is 0 Å². The molecule has 1 N–H and O–H groups in total. The quantitative estimate of drug-likeness (QED) is 0.114. The molecule has 0 atom stereocenters. The van der Waals surface area contributed by atoms with Crippen LogP contribution >= 0.6 is 0 Å². The maximum atomic E-state index is 10.0. The summed E-state index contributed by atoms with van der Waals surface area (Å²) in [4.78, 5) is 14.9. The molecule has 1 aliphatic rings. The molecule has 1 aliphatic carbocycles. The summed E-state index contributed by atoms with van der Waals surface area (Å²) in [5, 5.41) is 13.2. The van der Waals surface area contributed by atoms with Crippen molar-refractivity contribution in [2.75, 3.05) is 0 Å². The SMILES string of the molecule is CC(=O)/C=C(/C)O.CC(C)(C)Cc1ccc2c3c1oc1ccnc(c13)-c1[c-]cc3ccccc3c1C2(C)C.[Ir]. The van der Waals surface area contributed by atoms with E-state index in [1.807, 2.05) is 12.3 Å². The van der Waals surface area contributed by atoms with Crippen LogP contribution in [0.25, 0.3) is 44.0 Å². The number of furan rings is 1. The molecule has 203 valence electrons. The van der Waals surface area contributed by atoms with Crippen molar-refractivity contribution in [3.63, 3.8) is 0 Å². The van der Waals surface area contributed by atoms with Gasteiger partial charge in [0.15, 0.2) is 5.78 Å². The van der Waals surface area contributed by atoms with Gasteiger partial charge in [-0.15, -0.1) is 23.3 Å². The van der Waals surface area contributed by atoms with E-state index in [0.29, 0.717) is 0 Å². The maximum absolute atomic E-state index is 10.0. The molecule has 6 rings (SSSR count). The average Bonchev–Trinajstić information content (AvgIpc) is 3.18. The summed E-state index contributed by atoms with van der Waals surface area (Å²) in [5.41, 5.74) is 7.82. The number of carbonyl (C=O) groups excluding carboxylic acids is 1. The fourth-order valence-electron chi connectivity index (χ4n) is 5.76. The number of fused-ring (bicyclic) bond motifs is 4. The maximum Gasteiger partial charge on any atom is 0.155 e.